The van der Waals surface area contributed by atoms with Crippen molar-refractivity contribution >= 4 is 21.9 Å². The molecule has 11 aromatic rings. The van der Waals surface area contributed by atoms with Crippen molar-refractivity contribution in [2.75, 3.05) is 0 Å². The summed E-state index contributed by atoms with van der Waals surface area (Å²) in [4.78, 5) is 19.7. The van der Waals surface area contributed by atoms with Crippen LogP contribution in [0.5, 0.6) is 11.5 Å². The van der Waals surface area contributed by atoms with Crippen LogP contribution in [0.2, 0.25) is 0 Å². The highest BCUT2D eigenvalue weighted by Crippen LogP contribution is 2.62. The lowest BCUT2D eigenvalue weighted by molar-refractivity contribution is 0.435. The fraction of sp³-hybridized carbons (Fsp3) is 0.0175. The summed E-state index contributed by atoms with van der Waals surface area (Å²) in [5.41, 5.74) is 15.9. The summed E-state index contributed by atoms with van der Waals surface area (Å²) in [6.07, 6.45) is 5.48. The number of hydrogen-bond acceptors (Lipinski definition) is 6. The van der Waals surface area contributed by atoms with Gasteiger partial charge in [0, 0.05) is 62.7 Å². The summed E-state index contributed by atoms with van der Waals surface area (Å²) in [6, 6.07) is 65.9. The second kappa shape index (κ2) is 13.8. The Morgan fingerprint density at radius 2 is 1.06 bits per heavy atom. The van der Waals surface area contributed by atoms with Gasteiger partial charge in [0.15, 0.2) is 5.82 Å². The lowest BCUT2D eigenvalue weighted by Gasteiger charge is -2.42. The van der Waals surface area contributed by atoms with E-state index < -0.39 is 5.41 Å². The van der Waals surface area contributed by atoms with Crippen LogP contribution in [0.25, 0.3) is 89.4 Å². The molecule has 1 spiro atoms. The normalized spacial score (nSPS) is 14.5. The molecule has 0 fully saturated rings. The van der Waals surface area contributed by atoms with Gasteiger partial charge in [-0.2, -0.15) is 0 Å². The van der Waals surface area contributed by atoms with Gasteiger partial charge in [0.2, 0.25) is 0 Å². The molecule has 1 unspecified atom stereocenters. The summed E-state index contributed by atoms with van der Waals surface area (Å²) in [6.45, 7) is 0. The van der Waals surface area contributed by atoms with Crippen LogP contribution in [0.4, 0.5) is 0 Å². The summed E-state index contributed by atoms with van der Waals surface area (Å²) in [7, 11) is 0. The topological polar surface area (TPSA) is 73.9 Å². The minimum Gasteiger partial charge on any atom is -0.457 e. The minimum absolute atomic E-state index is 0.633. The zero-order valence-electron chi connectivity index (χ0n) is 33.7. The number of pyridine rings is 2. The van der Waals surface area contributed by atoms with Crippen molar-refractivity contribution in [2.45, 2.75) is 5.41 Å². The van der Waals surface area contributed by atoms with E-state index in [1.54, 1.807) is 6.20 Å². The van der Waals surface area contributed by atoms with Crippen molar-refractivity contribution in [3.63, 3.8) is 0 Å². The Bertz CT molecular complexity index is 3600. The van der Waals surface area contributed by atoms with Gasteiger partial charge in [0.1, 0.15) is 22.7 Å². The Labute approximate surface area is 362 Å². The number of para-hydroxylation sites is 2. The molecular weight excluding hydrogens is 773 g/mol. The highest BCUT2D eigenvalue weighted by molar-refractivity contribution is 6.06. The van der Waals surface area contributed by atoms with E-state index in [1.807, 2.05) is 60.9 Å². The highest BCUT2D eigenvalue weighted by Gasteiger charge is 2.49. The van der Waals surface area contributed by atoms with Gasteiger partial charge in [0.25, 0.3) is 0 Å². The Balaban J connectivity index is 1.11. The first-order chi connectivity index (χ1) is 31.2. The molecule has 0 N–H and O–H groups in total. The molecule has 6 heteroatoms. The van der Waals surface area contributed by atoms with Gasteiger partial charge in [-0.1, -0.05) is 127 Å². The summed E-state index contributed by atoms with van der Waals surface area (Å²) in [5, 5.41) is 2.07. The van der Waals surface area contributed by atoms with Gasteiger partial charge in [-0.25, -0.2) is 9.97 Å². The molecule has 0 saturated heterocycles. The van der Waals surface area contributed by atoms with Crippen LogP contribution in [0.15, 0.2) is 211 Å². The molecular formula is C57H34N4O2. The molecule has 4 aromatic heterocycles. The largest absolute Gasteiger partial charge is 0.457 e. The fourth-order valence-corrected chi connectivity index (χ4v) is 9.92. The van der Waals surface area contributed by atoms with E-state index in [1.165, 1.54) is 5.56 Å². The molecule has 63 heavy (non-hydrogen) atoms. The van der Waals surface area contributed by atoms with Gasteiger partial charge in [-0.05, 0) is 94.0 Å². The van der Waals surface area contributed by atoms with Gasteiger partial charge >= 0.3 is 0 Å². The van der Waals surface area contributed by atoms with Crippen LogP contribution in [0, 0.1) is 0 Å². The van der Waals surface area contributed by atoms with E-state index in [0.717, 1.165) is 112 Å². The summed E-state index contributed by atoms with van der Waals surface area (Å²) >= 11 is 0. The van der Waals surface area contributed by atoms with Crippen molar-refractivity contribution in [3.05, 3.63) is 229 Å². The summed E-state index contributed by atoms with van der Waals surface area (Å²) < 4.78 is 13.7. The number of ether oxygens (including phenoxy) is 1. The molecule has 2 aliphatic rings. The predicted octanol–water partition coefficient (Wildman–Crippen LogP) is 14.0. The van der Waals surface area contributed by atoms with Crippen LogP contribution in [0.3, 0.4) is 0 Å². The zero-order valence-corrected chi connectivity index (χ0v) is 33.7. The van der Waals surface area contributed by atoms with E-state index in [0.29, 0.717) is 5.82 Å². The molecule has 1 aliphatic carbocycles. The smallest absolute Gasteiger partial charge is 0.160 e. The van der Waals surface area contributed by atoms with E-state index in [9.17, 15) is 0 Å². The molecule has 5 heterocycles. The van der Waals surface area contributed by atoms with Crippen molar-refractivity contribution in [1.29, 1.82) is 0 Å². The van der Waals surface area contributed by atoms with Crippen LogP contribution >= 0.6 is 0 Å². The molecule has 6 nitrogen and oxygen atoms in total. The summed E-state index contributed by atoms with van der Waals surface area (Å²) in [5.74, 6) is 2.24. The number of furan rings is 1. The van der Waals surface area contributed by atoms with Crippen molar-refractivity contribution in [1.82, 2.24) is 19.9 Å². The maximum Gasteiger partial charge on any atom is 0.160 e. The van der Waals surface area contributed by atoms with Crippen molar-refractivity contribution < 1.29 is 9.15 Å². The fourth-order valence-electron chi connectivity index (χ4n) is 9.92. The van der Waals surface area contributed by atoms with Crippen molar-refractivity contribution in [3.8, 4) is 78.9 Å². The molecule has 294 valence electrons. The van der Waals surface area contributed by atoms with E-state index in [-0.39, 0.29) is 0 Å². The number of rotatable bonds is 4. The van der Waals surface area contributed by atoms with Crippen LogP contribution in [-0.2, 0) is 5.41 Å². The third kappa shape index (κ3) is 5.38. The lowest BCUT2D eigenvalue weighted by atomic mass is 9.62. The Morgan fingerprint density at radius 3 is 1.87 bits per heavy atom. The van der Waals surface area contributed by atoms with E-state index >= 15 is 0 Å². The highest BCUT2D eigenvalue weighted by atomic mass is 16.5. The molecule has 0 radical (unpaired) electrons. The number of aromatic nitrogens is 4. The average molecular weight is 807 g/mol. The van der Waals surface area contributed by atoms with Crippen molar-refractivity contribution in [2.24, 2.45) is 0 Å². The number of fused-ring (bicyclic) bond motifs is 14. The molecule has 1 atom stereocenters. The Morgan fingerprint density at radius 1 is 0.381 bits per heavy atom. The standard InChI is InChI=1S/C57H34N4O2/c1-2-13-35(14-3-1)56-60-50(32-51(61-56)38-25-27-49(59-34-38)37-15-12-28-58-33-37)36-24-26-42-40-17-5-4-16-39(40)41-18-6-8-20-45(41)57(47(42)29-36)46-21-9-11-23-53(46)63-55-30-44-43-19-7-10-22-52(43)62-54(44)31-48(55)57/h1-34H. The SMILES string of the molecule is c1ccc(-c2nc(-c3ccc(-c4cccnc4)nc3)cc(-c3ccc4c(c3)C3(c5ccccc5Oc5cc6c(cc53)oc3ccccc36)c3ccccc3-c3ccccc3-4)n2)cc1. The Hall–Kier alpha value is -8.48. The molecule has 0 saturated carbocycles. The van der Waals surface area contributed by atoms with Gasteiger partial charge in [0.05, 0.1) is 22.5 Å². The predicted molar refractivity (Wildman–Crippen MR) is 249 cm³/mol. The van der Waals surface area contributed by atoms with E-state index in [2.05, 4.69) is 145 Å². The molecule has 1 aliphatic heterocycles. The second-order valence-electron chi connectivity index (χ2n) is 16.1. The molecule has 0 amide bonds. The quantitative estimate of drug-likeness (QED) is 0.176. The Kier molecular flexibility index (Phi) is 7.72. The number of benzene rings is 7. The zero-order chi connectivity index (χ0) is 41.5. The van der Waals surface area contributed by atoms with Crippen LogP contribution in [-0.4, -0.2) is 19.9 Å². The number of hydrogen-bond donors (Lipinski definition) is 0. The maximum absolute atomic E-state index is 6.99. The van der Waals surface area contributed by atoms with E-state index in [4.69, 9.17) is 24.1 Å². The first kappa shape index (κ1) is 35.3. The third-order valence-electron chi connectivity index (χ3n) is 12.7. The lowest BCUT2D eigenvalue weighted by Crippen LogP contribution is -2.34. The van der Waals surface area contributed by atoms with Crippen LogP contribution < -0.4 is 4.74 Å². The number of nitrogens with zero attached hydrogens (tertiary/aromatic N) is 4. The van der Waals surface area contributed by atoms with Gasteiger partial charge in [-0.3, -0.25) is 9.97 Å². The van der Waals surface area contributed by atoms with Crippen LogP contribution in [0.1, 0.15) is 22.3 Å². The first-order valence-electron chi connectivity index (χ1n) is 21.1. The average Bonchev–Trinajstić information content (AvgIpc) is 3.68. The van der Waals surface area contributed by atoms with Gasteiger partial charge in [-0.15, -0.1) is 0 Å². The first-order valence-corrected chi connectivity index (χ1v) is 21.1. The molecule has 0 bridgehead atoms. The molecule has 7 aromatic carbocycles. The third-order valence-corrected chi connectivity index (χ3v) is 12.7. The maximum atomic E-state index is 6.99. The second-order valence-corrected chi connectivity index (χ2v) is 16.1. The molecule has 13 rings (SSSR count). The van der Waals surface area contributed by atoms with Gasteiger partial charge < -0.3 is 9.15 Å². The monoisotopic (exact) mass is 806 g/mol. The minimum atomic E-state index is -0.845.